The molecule has 1 aromatic carbocycles. The van der Waals surface area contributed by atoms with E-state index in [4.69, 9.17) is 28.9 Å². The van der Waals surface area contributed by atoms with Crippen LogP contribution in [0.3, 0.4) is 0 Å². The predicted octanol–water partition coefficient (Wildman–Crippen LogP) is 3.06. The molecule has 0 aliphatic carbocycles. The number of pyridine rings is 1. The molecule has 116 valence electrons. The molecule has 22 heavy (non-hydrogen) atoms. The van der Waals surface area contributed by atoms with Crippen LogP contribution in [-0.2, 0) is 11.3 Å². The summed E-state index contributed by atoms with van der Waals surface area (Å²) in [4.78, 5) is 15.7. The molecule has 0 atom stereocenters. The molecule has 0 fully saturated rings. The summed E-state index contributed by atoms with van der Waals surface area (Å²) in [6.45, 7) is -0.598. The number of nitrogens with two attached hydrogens (primary N) is 1. The van der Waals surface area contributed by atoms with E-state index in [0.29, 0.717) is 0 Å². The second-order valence-corrected chi connectivity index (χ2v) is 5.08. The van der Waals surface area contributed by atoms with Crippen LogP contribution >= 0.6 is 23.2 Å². The highest BCUT2D eigenvalue weighted by atomic mass is 35.5. The number of carbonyl (C=O) groups excluding carboxylic acids is 1. The maximum atomic E-state index is 14.0. The zero-order chi connectivity index (χ0) is 16.4. The van der Waals surface area contributed by atoms with E-state index in [9.17, 15) is 14.3 Å². The van der Waals surface area contributed by atoms with Crippen LogP contribution < -0.4 is 5.73 Å². The summed E-state index contributed by atoms with van der Waals surface area (Å²) in [6.07, 6.45) is 0. The van der Waals surface area contributed by atoms with E-state index in [-0.39, 0.29) is 38.2 Å². The van der Waals surface area contributed by atoms with Crippen LogP contribution in [0, 0.1) is 5.82 Å². The maximum absolute atomic E-state index is 14.0. The minimum Gasteiger partial charge on any atom is -0.464 e. The van der Waals surface area contributed by atoms with Gasteiger partial charge in [0.05, 0.1) is 35.1 Å². The van der Waals surface area contributed by atoms with Crippen molar-refractivity contribution < 1.29 is 19.0 Å². The SMILES string of the molecule is COC(=O)c1nc(-c2ccc(Cl)c(F)c2CO)cc(N)c1Cl. The van der Waals surface area contributed by atoms with Gasteiger partial charge < -0.3 is 15.6 Å². The molecule has 0 aliphatic heterocycles. The Labute approximate surface area is 135 Å². The first-order valence-electron chi connectivity index (χ1n) is 6.03. The van der Waals surface area contributed by atoms with E-state index < -0.39 is 18.4 Å². The smallest absolute Gasteiger partial charge is 0.358 e. The molecule has 0 radical (unpaired) electrons. The van der Waals surface area contributed by atoms with E-state index in [1.807, 2.05) is 0 Å². The average Bonchev–Trinajstić information content (AvgIpc) is 2.51. The van der Waals surface area contributed by atoms with Crippen molar-refractivity contribution in [3.63, 3.8) is 0 Å². The molecule has 5 nitrogen and oxygen atoms in total. The fourth-order valence-electron chi connectivity index (χ4n) is 1.91. The van der Waals surface area contributed by atoms with Crippen molar-refractivity contribution in [2.45, 2.75) is 6.61 Å². The van der Waals surface area contributed by atoms with Gasteiger partial charge in [-0.15, -0.1) is 0 Å². The summed E-state index contributed by atoms with van der Waals surface area (Å²) in [5.74, 6) is -1.55. The van der Waals surface area contributed by atoms with Gasteiger partial charge in [-0.25, -0.2) is 14.2 Å². The topological polar surface area (TPSA) is 85.4 Å². The van der Waals surface area contributed by atoms with Gasteiger partial charge in [-0.3, -0.25) is 0 Å². The number of nitrogens with zero attached hydrogens (tertiary/aromatic N) is 1. The molecule has 8 heteroatoms. The third kappa shape index (κ3) is 2.85. The minimum atomic E-state index is -0.779. The molecule has 2 aromatic rings. The van der Waals surface area contributed by atoms with Gasteiger partial charge in [-0.05, 0) is 12.1 Å². The fraction of sp³-hybridized carbons (Fsp3) is 0.143. The quantitative estimate of drug-likeness (QED) is 0.835. The number of nitrogen functional groups attached to an aromatic ring is 1. The highest BCUT2D eigenvalue weighted by Gasteiger charge is 2.20. The van der Waals surface area contributed by atoms with Crippen molar-refractivity contribution in [3.05, 3.63) is 45.3 Å². The van der Waals surface area contributed by atoms with Crippen LogP contribution in [0.15, 0.2) is 18.2 Å². The lowest BCUT2D eigenvalue weighted by atomic mass is 10.0. The van der Waals surface area contributed by atoms with Crippen LogP contribution in [0.4, 0.5) is 10.1 Å². The van der Waals surface area contributed by atoms with E-state index in [2.05, 4.69) is 9.72 Å². The summed E-state index contributed by atoms with van der Waals surface area (Å²) in [5.41, 5.74) is 5.99. The first kappa shape index (κ1) is 16.5. The fourth-order valence-corrected chi connectivity index (χ4v) is 2.26. The normalized spacial score (nSPS) is 10.6. The van der Waals surface area contributed by atoms with Gasteiger partial charge in [-0.2, -0.15) is 0 Å². The Bertz CT molecular complexity index is 753. The lowest BCUT2D eigenvalue weighted by Crippen LogP contribution is -2.08. The zero-order valence-electron chi connectivity index (χ0n) is 11.4. The van der Waals surface area contributed by atoms with E-state index >= 15 is 0 Å². The first-order valence-corrected chi connectivity index (χ1v) is 6.78. The van der Waals surface area contributed by atoms with E-state index in [1.165, 1.54) is 25.3 Å². The number of esters is 1. The summed E-state index contributed by atoms with van der Waals surface area (Å²) < 4.78 is 18.6. The number of rotatable bonds is 3. The third-order valence-corrected chi connectivity index (χ3v) is 3.68. The molecule has 0 unspecified atom stereocenters. The number of aliphatic hydroxyl groups excluding tert-OH is 1. The molecule has 0 saturated heterocycles. The van der Waals surface area contributed by atoms with Crippen LogP contribution in [0.25, 0.3) is 11.3 Å². The van der Waals surface area contributed by atoms with Crippen LogP contribution in [-0.4, -0.2) is 23.2 Å². The number of aliphatic hydroxyl groups is 1. The molecule has 0 amide bonds. The molecule has 3 N–H and O–H groups in total. The average molecular weight is 345 g/mol. The molecule has 1 heterocycles. The highest BCUT2D eigenvalue weighted by molar-refractivity contribution is 6.35. The summed E-state index contributed by atoms with van der Waals surface area (Å²) in [6, 6.07) is 4.15. The van der Waals surface area contributed by atoms with Crippen LogP contribution in [0.5, 0.6) is 0 Å². The van der Waals surface area contributed by atoms with Gasteiger partial charge in [-0.1, -0.05) is 29.3 Å². The number of benzene rings is 1. The Morgan fingerprint density at radius 3 is 2.73 bits per heavy atom. The summed E-state index contributed by atoms with van der Waals surface area (Å²) >= 11 is 11.6. The maximum Gasteiger partial charge on any atom is 0.358 e. The van der Waals surface area contributed by atoms with Gasteiger partial charge in [0.25, 0.3) is 0 Å². The number of methoxy groups -OCH3 is 1. The van der Waals surface area contributed by atoms with Gasteiger partial charge in [0.15, 0.2) is 5.69 Å². The molecule has 2 rings (SSSR count). The molecular weight excluding hydrogens is 334 g/mol. The van der Waals surface area contributed by atoms with Crippen molar-refractivity contribution in [1.82, 2.24) is 4.98 Å². The number of aromatic nitrogens is 1. The summed E-state index contributed by atoms with van der Waals surface area (Å²) in [7, 11) is 1.17. The van der Waals surface area contributed by atoms with Crippen molar-refractivity contribution in [2.75, 3.05) is 12.8 Å². The van der Waals surface area contributed by atoms with E-state index in [0.717, 1.165) is 0 Å². The minimum absolute atomic E-state index is 0.0578. The van der Waals surface area contributed by atoms with E-state index in [1.54, 1.807) is 0 Å². The Morgan fingerprint density at radius 1 is 1.45 bits per heavy atom. The van der Waals surface area contributed by atoms with Crippen molar-refractivity contribution in [2.24, 2.45) is 0 Å². The number of halogens is 3. The van der Waals surface area contributed by atoms with Crippen molar-refractivity contribution in [3.8, 4) is 11.3 Å². The highest BCUT2D eigenvalue weighted by Crippen LogP contribution is 2.33. The number of anilines is 1. The molecule has 1 aromatic heterocycles. The number of ether oxygens (including phenoxy) is 1. The molecule has 0 bridgehead atoms. The second kappa shape index (κ2) is 6.48. The summed E-state index contributed by atoms with van der Waals surface area (Å²) in [5, 5.41) is 9.16. The monoisotopic (exact) mass is 344 g/mol. The Kier molecular flexibility index (Phi) is 4.85. The van der Waals surface area contributed by atoms with Gasteiger partial charge in [0.1, 0.15) is 5.82 Å². The predicted molar refractivity (Wildman–Crippen MR) is 81.3 cm³/mol. The van der Waals surface area contributed by atoms with Crippen molar-refractivity contribution >= 4 is 34.9 Å². The second-order valence-electron chi connectivity index (χ2n) is 4.30. The Morgan fingerprint density at radius 2 is 2.14 bits per heavy atom. The lowest BCUT2D eigenvalue weighted by Gasteiger charge is -2.12. The molecule has 0 spiro atoms. The first-order chi connectivity index (χ1) is 10.4. The van der Waals surface area contributed by atoms with Gasteiger partial charge in [0, 0.05) is 11.1 Å². The Hall–Kier alpha value is -1.89. The zero-order valence-corrected chi connectivity index (χ0v) is 12.9. The largest absolute Gasteiger partial charge is 0.464 e. The standard InChI is InChI=1S/C14H11Cl2FN2O3/c1-22-14(21)13-11(16)9(18)4-10(19-13)6-2-3-8(15)12(17)7(6)5-20/h2-4,20H,5H2,1H3,(H2,18,19). The number of hydrogen-bond acceptors (Lipinski definition) is 5. The number of hydrogen-bond donors (Lipinski definition) is 2. The van der Waals surface area contributed by atoms with Crippen LogP contribution in [0.1, 0.15) is 16.1 Å². The third-order valence-electron chi connectivity index (χ3n) is 2.99. The van der Waals surface area contributed by atoms with Gasteiger partial charge >= 0.3 is 5.97 Å². The van der Waals surface area contributed by atoms with Crippen molar-refractivity contribution in [1.29, 1.82) is 0 Å². The molecule has 0 aliphatic rings. The lowest BCUT2D eigenvalue weighted by molar-refractivity contribution is 0.0594. The Balaban J connectivity index is 2.71. The number of carbonyl (C=O) groups is 1. The molecular formula is C14H11Cl2FN2O3. The van der Waals surface area contributed by atoms with Crippen LogP contribution in [0.2, 0.25) is 10.0 Å². The molecule has 0 saturated carbocycles. The van der Waals surface area contributed by atoms with Gasteiger partial charge in [0.2, 0.25) is 0 Å².